The molecule has 0 bridgehead atoms. The lowest BCUT2D eigenvalue weighted by Gasteiger charge is -2.38. The molecule has 0 saturated carbocycles. The monoisotopic (exact) mass is 387 g/mol. The van der Waals surface area contributed by atoms with Crippen molar-refractivity contribution in [3.8, 4) is 0 Å². The van der Waals surface area contributed by atoms with Gasteiger partial charge in [-0.2, -0.15) is 0 Å². The smallest absolute Gasteiger partial charge is 0.408 e. The van der Waals surface area contributed by atoms with Crippen LogP contribution in [0, 0.1) is 0 Å². The summed E-state index contributed by atoms with van der Waals surface area (Å²) in [5.74, 6) is -0.897. The van der Waals surface area contributed by atoms with Crippen LogP contribution in [0.2, 0.25) is 0 Å². The van der Waals surface area contributed by atoms with Crippen LogP contribution in [0.1, 0.15) is 33.1 Å². The zero-order chi connectivity index (χ0) is 19.0. The molecule has 3 aromatic rings. The molecule has 2 aromatic heterocycles. The Balaban J connectivity index is 1.48. The van der Waals surface area contributed by atoms with Gasteiger partial charge in [0.15, 0.2) is 5.58 Å². The van der Waals surface area contributed by atoms with Gasteiger partial charge in [-0.05, 0) is 45.2 Å². The Morgan fingerprint density at radius 3 is 2.78 bits per heavy atom. The number of fused-ring (bicyclic) bond motifs is 1. The van der Waals surface area contributed by atoms with Crippen molar-refractivity contribution >= 4 is 38.6 Å². The minimum absolute atomic E-state index is 0.138. The first-order chi connectivity index (χ1) is 13.0. The molecule has 1 fully saturated rings. The molecule has 1 N–H and O–H groups in total. The number of benzene rings is 1. The van der Waals surface area contributed by atoms with E-state index in [1.54, 1.807) is 24.3 Å². The maximum Gasteiger partial charge on any atom is 0.420 e. The van der Waals surface area contributed by atoms with Crippen LogP contribution in [0.15, 0.2) is 33.5 Å². The first-order valence-corrected chi connectivity index (χ1v) is 9.84. The van der Waals surface area contributed by atoms with Crippen molar-refractivity contribution < 1.29 is 9.21 Å². The molecule has 1 aliphatic heterocycles. The van der Waals surface area contributed by atoms with Gasteiger partial charge in [0.2, 0.25) is 16.2 Å². The summed E-state index contributed by atoms with van der Waals surface area (Å²) in [5.41, 5.74) is 1.05. The number of nitrogens with zero attached hydrogens (tertiary/aromatic N) is 4. The number of hydrogen-bond acceptors (Lipinski definition) is 7. The van der Waals surface area contributed by atoms with Gasteiger partial charge in [-0.1, -0.05) is 23.5 Å². The van der Waals surface area contributed by atoms with Crippen LogP contribution in [-0.2, 0) is 11.3 Å². The number of nitrogens with one attached hydrogen (secondary N) is 1. The average molecular weight is 387 g/mol. The van der Waals surface area contributed by atoms with Gasteiger partial charge in [0.25, 0.3) is 0 Å². The van der Waals surface area contributed by atoms with Crippen LogP contribution in [0.25, 0.3) is 11.1 Å². The van der Waals surface area contributed by atoms with Crippen molar-refractivity contribution in [1.29, 1.82) is 0 Å². The van der Waals surface area contributed by atoms with E-state index < -0.39 is 5.76 Å². The molecule has 9 heteroatoms. The second-order valence-corrected chi connectivity index (χ2v) is 7.85. The van der Waals surface area contributed by atoms with Gasteiger partial charge in [-0.3, -0.25) is 14.7 Å². The lowest BCUT2D eigenvalue weighted by Crippen LogP contribution is -2.43. The number of amides is 1. The molecule has 0 unspecified atom stereocenters. The van der Waals surface area contributed by atoms with Gasteiger partial charge in [-0.25, -0.2) is 4.79 Å². The largest absolute Gasteiger partial charge is 0.420 e. The van der Waals surface area contributed by atoms with Crippen molar-refractivity contribution in [3.63, 3.8) is 0 Å². The third-order valence-corrected chi connectivity index (χ3v) is 5.80. The molecule has 1 amide bonds. The Hall–Kier alpha value is -2.68. The highest BCUT2D eigenvalue weighted by atomic mass is 32.1. The number of anilines is 2. The van der Waals surface area contributed by atoms with Gasteiger partial charge in [0, 0.05) is 12.1 Å². The number of hydrogen-bond donors (Lipinski definition) is 1. The number of para-hydroxylation sites is 2. The first-order valence-electron chi connectivity index (χ1n) is 9.03. The van der Waals surface area contributed by atoms with E-state index in [0.29, 0.717) is 28.3 Å². The molecule has 0 spiro atoms. The molecule has 0 radical (unpaired) electrons. The minimum Gasteiger partial charge on any atom is -0.408 e. The lowest BCUT2D eigenvalue weighted by atomic mass is 9.98. The number of carbonyl (C=O) groups is 1. The zero-order valence-corrected chi connectivity index (χ0v) is 16.0. The van der Waals surface area contributed by atoms with E-state index in [2.05, 4.69) is 34.3 Å². The maximum atomic E-state index is 12.4. The predicted molar refractivity (Wildman–Crippen MR) is 104 cm³/mol. The molecule has 27 heavy (non-hydrogen) atoms. The molecule has 0 aliphatic carbocycles. The van der Waals surface area contributed by atoms with E-state index in [1.807, 2.05) is 0 Å². The highest BCUT2D eigenvalue weighted by molar-refractivity contribution is 7.19. The molecule has 3 heterocycles. The Bertz CT molecular complexity index is 1010. The molecule has 1 aliphatic rings. The standard InChI is InChI=1S/C18H21N5O3S/c1-11-6-5-7-12(2)23(11)17-21-20-16(27-17)19-15(24)10-22-13-8-3-4-9-14(13)26-18(22)25/h3-4,8-9,11-12H,5-7,10H2,1-2H3,(H,19,20,24)/t11-,12-/m0/s1. The third kappa shape index (κ3) is 3.46. The summed E-state index contributed by atoms with van der Waals surface area (Å²) < 4.78 is 6.46. The molecule has 142 valence electrons. The van der Waals surface area contributed by atoms with Gasteiger partial charge >= 0.3 is 5.76 Å². The number of carbonyl (C=O) groups excluding carboxylic acids is 1. The molecule has 8 nitrogen and oxygen atoms in total. The summed E-state index contributed by atoms with van der Waals surface area (Å²) in [4.78, 5) is 26.7. The number of rotatable bonds is 4. The lowest BCUT2D eigenvalue weighted by molar-refractivity contribution is -0.116. The second-order valence-electron chi connectivity index (χ2n) is 6.90. The molecular weight excluding hydrogens is 366 g/mol. The van der Waals surface area contributed by atoms with Crippen LogP contribution in [0.4, 0.5) is 10.3 Å². The minimum atomic E-state index is -0.555. The SMILES string of the molecule is C[C@H]1CCC[C@H](C)N1c1nnc(NC(=O)Cn2c(=O)oc3ccccc32)s1. The second kappa shape index (κ2) is 7.15. The zero-order valence-electron chi connectivity index (χ0n) is 15.2. The van der Waals surface area contributed by atoms with Crippen LogP contribution in [-0.4, -0.2) is 32.8 Å². The molecule has 1 saturated heterocycles. The predicted octanol–water partition coefficient (Wildman–Crippen LogP) is 2.85. The Morgan fingerprint density at radius 2 is 2.00 bits per heavy atom. The van der Waals surface area contributed by atoms with Gasteiger partial charge in [0.1, 0.15) is 6.54 Å². The average Bonchev–Trinajstić information content (AvgIpc) is 3.20. The van der Waals surface area contributed by atoms with Crippen LogP contribution in [0.3, 0.4) is 0 Å². The van der Waals surface area contributed by atoms with Gasteiger partial charge in [-0.15, -0.1) is 10.2 Å². The van der Waals surface area contributed by atoms with Gasteiger partial charge < -0.3 is 9.32 Å². The molecule has 4 rings (SSSR count). The maximum absolute atomic E-state index is 12.4. The topological polar surface area (TPSA) is 93.3 Å². The Kier molecular flexibility index (Phi) is 4.69. The Labute approximate surface area is 159 Å². The number of aromatic nitrogens is 3. The molecule has 1 aromatic carbocycles. The summed E-state index contributed by atoms with van der Waals surface area (Å²) in [6.07, 6.45) is 3.47. The van der Waals surface area contributed by atoms with Crippen molar-refractivity contribution in [2.75, 3.05) is 10.2 Å². The van der Waals surface area contributed by atoms with E-state index in [4.69, 9.17) is 4.42 Å². The van der Waals surface area contributed by atoms with E-state index in [-0.39, 0.29) is 12.5 Å². The fourth-order valence-electron chi connectivity index (χ4n) is 3.63. The van der Waals surface area contributed by atoms with Crippen LogP contribution < -0.4 is 16.0 Å². The summed E-state index contributed by atoms with van der Waals surface area (Å²) >= 11 is 1.36. The van der Waals surface area contributed by atoms with Crippen molar-refractivity contribution in [2.24, 2.45) is 0 Å². The van der Waals surface area contributed by atoms with E-state index in [1.165, 1.54) is 22.3 Å². The van der Waals surface area contributed by atoms with Crippen molar-refractivity contribution in [3.05, 3.63) is 34.8 Å². The highest BCUT2D eigenvalue weighted by Crippen LogP contribution is 2.32. The van der Waals surface area contributed by atoms with Crippen LogP contribution in [0.5, 0.6) is 0 Å². The summed E-state index contributed by atoms with van der Waals surface area (Å²) in [5, 5.41) is 12.3. The molecular formula is C18H21N5O3S. The quantitative estimate of drug-likeness (QED) is 0.740. The summed E-state index contributed by atoms with van der Waals surface area (Å²) in [6.45, 7) is 4.23. The Morgan fingerprint density at radius 1 is 1.26 bits per heavy atom. The highest BCUT2D eigenvalue weighted by Gasteiger charge is 2.27. The van der Waals surface area contributed by atoms with E-state index in [0.717, 1.165) is 18.0 Å². The van der Waals surface area contributed by atoms with Crippen LogP contribution >= 0.6 is 11.3 Å². The van der Waals surface area contributed by atoms with Crippen molar-refractivity contribution in [1.82, 2.24) is 14.8 Å². The molecule has 2 atom stereocenters. The van der Waals surface area contributed by atoms with Crippen molar-refractivity contribution in [2.45, 2.75) is 51.7 Å². The summed E-state index contributed by atoms with van der Waals surface area (Å²) in [6, 6.07) is 7.83. The normalized spacial score (nSPS) is 20.1. The number of oxazole rings is 1. The first kappa shape index (κ1) is 17.7. The fraction of sp³-hybridized carbons (Fsp3) is 0.444. The third-order valence-electron chi connectivity index (χ3n) is 4.95. The fourth-order valence-corrected chi connectivity index (χ4v) is 4.60. The number of piperidine rings is 1. The van der Waals surface area contributed by atoms with E-state index in [9.17, 15) is 9.59 Å². The van der Waals surface area contributed by atoms with Gasteiger partial charge in [0.05, 0.1) is 5.52 Å². The van der Waals surface area contributed by atoms with E-state index >= 15 is 0 Å². The summed E-state index contributed by atoms with van der Waals surface area (Å²) in [7, 11) is 0.